The van der Waals surface area contributed by atoms with Crippen molar-refractivity contribution >= 4 is 28.4 Å². The van der Waals surface area contributed by atoms with E-state index in [0.29, 0.717) is 16.7 Å². The summed E-state index contributed by atoms with van der Waals surface area (Å²) in [5.74, 6) is -0.299. The minimum atomic E-state index is -0.953. The molecule has 2 aromatic heterocycles. The summed E-state index contributed by atoms with van der Waals surface area (Å²) in [6.45, 7) is 1.98. The summed E-state index contributed by atoms with van der Waals surface area (Å²) in [6.07, 6.45) is 3.46. The third kappa shape index (κ3) is 2.53. The van der Waals surface area contributed by atoms with Gasteiger partial charge in [-0.15, -0.1) is 0 Å². The molecule has 2 heterocycles. The Hall–Kier alpha value is -2.95. The average molecular weight is 279 g/mol. The van der Waals surface area contributed by atoms with Gasteiger partial charge in [0.25, 0.3) is 0 Å². The number of benzene rings is 1. The summed E-state index contributed by atoms with van der Waals surface area (Å²) >= 11 is 0. The standard InChI is InChI=1S/C16H13N3O2/c1-10-7-8-17-9-14(10)19-15-6-5-11-12(16(20)21)3-2-4-13(11)18-15/h2-9H,1H3,(H,18,19)(H,20,21). The number of carboxylic acid groups (broad SMARTS) is 1. The lowest BCUT2D eigenvalue weighted by atomic mass is 10.1. The van der Waals surface area contributed by atoms with Crippen molar-refractivity contribution in [3.8, 4) is 0 Å². The zero-order chi connectivity index (χ0) is 14.8. The van der Waals surface area contributed by atoms with Crippen molar-refractivity contribution in [1.82, 2.24) is 9.97 Å². The Morgan fingerprint density at radius 1 is 1.19 bits per heavy atom. The maximum absolute atomic E-state index is 11.2. The molecule has 0 atom stereocenters. The number of fused-ring (bicyclic) bond motifs is 1. The van der Waals surface area contributed by atoms with Crippen molar-refractivity contribution in [2.75, 3.05) is 5.32 Å². The van der Waals surface area contributed by atoms with Crippen molar-refractivity contribution in [2.24, 2.45) is 0 Å². The van der Waals surface area contributed by atoms with E-state index in [4.69, 9.17) is 0 Å². The summed E-state index contributed by atoms with van der Waals surface area (Å²) < 4.78 is 0. The molecule has 5 nitrogen and oxygen atoms in total. The van der Waals surface area contributed by atoms with Crippen LogP contribution in [0.15, 0.2) is 48.8 Å². The lowest BCUT2D eigenvalue weighted by Crippen LogP contribution is -2.00. The van der Waals surface area contributed by atoms with E-state index in [2.05, 4.69) is 15.3 Å². The van der Waals surface area contributed by atoms with Crippen LogP contribution < -0.4 is 5.32 Å². The van der Waals surface area contributed by atoms with E-state index in [1.807, 2.05) is 13.0 Å². The molecule has 3 rings (SSSR count). The smallest absolute Gasteiger partial charge is 0.336 e. The van der Waals surface area contributed by atoms with Crippen LogP contribution in [-0.2, 0) is 0 Å². The molecule has 0 amide bonds. The highest BCUT2D eigenvalue weighted by Crippen LogP contribution is 2.22. The van der Waals surface area contributed by atoms with Crippen LogP contribution in [-0.4, -0.2) is 21.0 Å². The molecule has 0 spiro atoms. The maximum Gasteiger partial charge on any atom is 0.336 e. The topological polar surface area (TPSA) is 75.1 Å². The van der Waals surface area contributed by atoms with Gasteiger partial charge in [-0.1, -0.05) is 6.07 Å². The number of carbonyl (C=O) groups is 1. The molecule has 0 unspecified atom stereocenters. The molecule has 21 heavy (non-hydrogen) atoms. The molecule has 104 valence electrons. The van der Waals surface area contributed by atoms with Crippen LogP contribution in [0.3, 0.4) is 0 Å². The summed E-state index contributed by atoms with van der Waals surface area (Å²) in [5, 5.41) is 13.0. The Morgan fingerprint density at radius 3 is 2.81 bits per heavy atom. The van der Waals surface area contributed by atoms with Gasteiger partial charge >= 0.3 is 5.97 Å². The molecule has 0 bridgehead atoms. The summed E-state index contributed by atoms with van der Waals surface area (Å²) in [6, 6.07) is 10.5. The van der Waals surface area contributed by atoms with Crippen LogP contribution in [0.1, 0.15) is 15.9 Å². The molecule has 0 radical (unpaired) electrons. The summed E-state index contributed by atoms with van der Waals surface area (Å²) in [5.41, 5.74) is 2.83. The maximum atomic E-state index is 11.2. The molecule has 3 aromatic rings. The fourth-order valence-electron chi connectivity index (χ4n) is 2.14. The monoisotopic (exact) mass is 279 g/mol. The lowest BCUT2D eigenvalue weighted by Gasteiger charge is -2.09. The molecule has 0 aliphatic heterocycles. The summed E-state index contributed by atoms with van der Waals surface area (Å²) in [4.78, 5) is 19.7. The van der Waals surface area contributed by atoms with Gasteiger partial charge in [-0.05, 0) is 42.8 Å². The van der Waals surface area contributed by atoms with E-state index in [1.165, 1.54) is 0 Å². The Morgan fingerprint density at radius 2 is 2.05 bits per heavy atom. The number of hydrogen-bond donors (Lipinski definition) is 2. The van der Waals surface area contributed by atoms with Gasteiger partial charge in [0.05, 0.1) is 23.0 Å². The minimum absolute atomic E-state index is 0.254. The predicted octanol–water partition coefficient (Wildman–Crippen LogP) is 3.38. The van der Waals surface area contributed by atoms with Crippen molar-refractivity contribution in [2.45, 2.75) is 6.92 Å². The number of carboxylic acids is 1. The number of aromatic nitrogens is 2. The fourth-order valence-corrected chi connectivity index (χ4v) is 2.14. The second kappa shape index (κ2) is 5.20. The van der Waals surface area contributed by atoms with Crippen LogP contribution in [0, 0.1) is 6.92 Å². The van der Waals surface area contributed by atoms with E-state index in [0.717, 1.165) is 11.3 Å². The summed E-state index contributed by atoms with van der Waals surface area (Å²) in [7, 11) is 0. The first kappa shape index (κ1) is 13.1. The first-order valence-electron chi connectivity index (χ1n) is 6.46. The first-order chi connectivity index (χ1) is 10.1. The molecule has 0 aliphatic rings. The highest BCUT2D eigenvalue weighted by molar-refractivity contribution is 6.02. The number of nitrogens with zero attached hydrogens (tertiary/aromatic N) is 2. The molecule has 0 saturated heterocycles. The Balaban J connectivity index is 2.03. The molecule has 0 fully saturated rings. The average Bonchev–Trinajstić information content (AvgIpc) is 2.48. The van der Waals surface area contributed by atoms with E-state index in [-0.39, 0.29) is 5.56 Å². The first-order valence-corrected chi connectivity index (χ1v) is 6.46. The zero-order valence-corrected chi connectivity index (χ0v) is 11.4. The van der Waals surface area contributed by atoms with Crippen LogP contribution in [0.5, 0.6) is 0 Å². The van der Waals surface area contributed by atoms with E-state index in [1.54, 1.807) is 42.7 Å². The van der Waals surface area contributed by atoms with Gasteiger partial charge in [0.2, 0.25) is 0 Å². The van der Waals surface area contributed by atoms with Crippen LogP contribution in [0.4, 0.5) is 11.5 Å². The third-order valence-electron chi connectivity index (χ3n) is 3.26. The van der Waals surface area contributed by atoms with Gasteiger partial charge < -0.3 is 10.4 Å². The Kier molecular flexibility index (Phi) is 3.23. The molecule has 2 N–H and O–H groups in total. The van der Waals surface area contributed by atoms with Gasteiger partial charge in [0.1, 0.15) is 5.82 Å². The molecule has 0 aliphatic carbocycles. The highest BCUT2D eigenvalue weighted by atomic mass is 16.4. The predicted molar refractivity (Wildman–Crippen MR) is 81.0 cm³/mol. The van der Waals surface area contributed by atoms with Gasteiger partial charge in [-0.25, -0.2) is 9.78 Å². The Labute approximate surface area is 121 Å². The van der Waals surface area contributed by atoms with Crippen molar-refractivity contribution in [3.63, 3.8) is 0 Å². The van der Waals surface area contributed by atoms with Crippen LogP contribution in [0.25, 0.3) is 10.9 Å². The second-order valence-corrected chi connectivity index (χ2v) is 4.69. The molecule has 1 aromatic carbocycles. The molecule has 0 saturated carbocycles. The van der Waals surface area contributed by atoms with Crippen LogP contribution in [0.2, 0.25) is 0 Å². The number of hydrogen-bond acceptors (Lipinski definition) is 4. The van der Waals surface area contributed by atoms with Crippen molar-refractivity contribution < 1.29 is 9.90 Å². The number of nitrogens with one attached hydrogen (secondary N) is 1. The zero-order valence-electron chi connectivity index (χ0n) is 11.4. The van der Waals surface area contributed by atoms with Gasteiger partial charge in [-0.3, -0.25) is 4.98 Å². The molecular formula is C16H13N3O2. The van der Waals surface area contributed by atoms with Gasteiger partial charge in [0, 0.05) is 11.6 Å². The second-order valence-electron chi connectivity index (χ2n) is 4.69. The largest absolute Gasteiger partial charge is 0.478 e. The highest BCUT2D eigenvalue weighted by Gasteiger charge is 2.09. The van der Waals surface area contributed by atoms with Crippen molar-refractivity contribution in [1.29, 1.82) is 0 Å². The van der Waals surface area contributed by atoms with Crippen molar-refractivity contribution in [3.05, 3.63) is 59.9 Å². The molecular weight excluding hydrogens is 266 g/mol. The minimum Gasteiger partial charge on any atom is -0.478 e. The SMILES string of the molecule is Cc1ccncc1Nc1ccc2c(C(=O)O)cccc2n1. The molecule has 5 heteroatoms. The van der Waals surface area contributed by atoms with E-state index < -0.39 is 5.97 Å². The number of aryl methyl sites for hydroxylation is 1. The Bertz CT molecular complexity index is 831. The number of anilines is 2. The third-order valence-corrected chi connectivity index (χ3v) is 3.26. The van der Waals surface area contributed by atoms with E-state index in [9.17, 15) is 9.90 Å². The van der Waals surface area contributed by atoms with Gasteiger partial charge in [-0.2, -0.15) is 0 Å². The quantitative estimate of drug-likeness (QED) is 0.768. The van der Waals surface area contributed by atoms with E-state index >= 15 is 0 Å². The normalized spacial score (nSPS) is 10.5. The van der Waals surface area contributed by atoms with Gasteiger partial charge in [0.15, 0.2) is 0 Å². The fraction of sp³-hybridized carbons (Fsp3) is 0.0625. The lowest BCUT2D eigenvalue weighted by molar-refractivity contribution is 0.0699. The number of rotatable bonds is 3. The number of pyridine rings is 2. The van der Waals surface area contributed by atoms with Crippen LogP contribution >= 0.6 is 0 Å². The number of aromatic carboxylic acids is 1.